The molecule has 0 aromatic heterocycles. The fraction of sp³-hybridized carbons (Fsp3) is 0.360. The maximum absolute atomic E-state index is 14.3. The second-order valence-electron chi connectivity index (χ2n) is 8.56. The third-order valence-corrected chi connectivity index (χ3v) is 5.99. The number of ether oxygens (including phenoxy) is 1. The van der Waals surface area contributed by atoms with Crippen molar-refractivity contribution in [3.8, 4) is 5.75 Å². The molecule has 0 saturated carbocycles. The maximum atomic E-state index is 14.3. The van der Waals surface area contributed by atoms with Crippen LogP contribution in [0.25, 0.3) is 5.57 Å². The standard InChI is InChI=1S/C25H27FN2O3/c1-16-12-17(2)14-27(13-16)23-22(19-9-5-7-11-21(19)31-3)24(29)28(25(23)30)15-18-8-4-6-10-20(18)26/h4-11,16-17H,12-15H2,1-3H3. The highest BCUT2D eigenvalue weighted by Gasteiger charge is 2.43. The molecule has 4 rings (SSSR count). The number of carbonyl (C=O) groups is 2. The largest absolute Gasteiger partial charge is 0.496 e. The SMILES string of the molecule is COc1ccccc1C1=C(N2CC(C)CC(C)C2)C(=O)N(Cc2ccccc2F)C1=O. The molecule has 5 nitrogen and oxygen atoms in total. The molecule has 2 aromatic carbocycles. The van der Waals surface area contributed by atoms with E-state index in [1.165, 1.54) is 6.07 Å². The lowest BCUT2D eigenvalue weighted by atomic mass is 9.91. The molecule has 31 heavy (non-hydrogen) atoms. The molecule has 1 fully saturated rings. The van der Waals surface area contributed by atoms with Gasteiger partial charge in [-0.15, -0.1) is 0 Å². The molecule has 1 saturated heterocycles. The Morgan fingerprint density at radius 3 is 2.29 bits per heavy atom. The molecular weight excluding hydrogens is 395 g/mol. The molecule has 0 N–H and O–H groups in total. The van der Waals surface area contributed by atoms with Crippen LogP contribution in [0.4, 0.5) is 4.39 Å². The summed E-state index contributed by atoms with van der Waals surface area (Å²) in [6.45, 7) is 5.61. The van der Waals surface area contributed by atoms with Crippen LogP contribution in [0.15, 0.2) is 54.2 Å². The van der Waals surface area contributed by atoms with E-state index >= 15 is 0 Å². The van der Waals surface area contributed by atoms with E-state index in [1.807, 2.05) is 17.0 Å². The van der Waals surface area contributed by atoms with Gasteiger partial charge in [0.1, 0.15) is 17.3 Å². The molecule has 6 heteroatoms. The van der Waals surface area contributed by atoms with Crippen LogP contribution in [0, 0.1) is 17.7 Å². The number of hydrogen-bond donors (Lipinski definition) is 0. The minimum atomic E-state index is -0.435. The number of nitrogens with zero attached hydrogens (tertiary/aromatic N) is 2. The van der Waals surface area contributed by atoms with Gasteiger partial charge in [0.15, 0.2) is 0 Å². The van der Waals surface area contributed by atoms with Crippen molar-refractivity contribution in [3.05, 3.63) is 71.2 Å². The number of rotatable bonds is 5. The van der Waals surface area contributed by atoms with Crippen molar-refractivity contribution in [3.63, 3.8) is 0 Å². The molecule has 0 bridgehead atoms. The summed E-state index contributed by atoms with van der Waals surface area (Å²) >= 11 is 0. The Bertz CT molecular complexity index is 1040. The summed E-state index contributed by atoms with van der Waals surface area (Å²) in [5, 5.41) is 0. The van der Waals surface area contributed by atoms with E-state index in [-0.39, 0.29) is 12.5 Å². The molecule has 0 aliphatic carbocycles. The van der Waals surface area contributed by atoms with Gasteiger partial charge in [-0.1, -0.05) is 50.2 Å². The molecular formula is C25H27FN2O3. The third-order valence-electron chi connectivity index (χ3n) is 5.99. The van der Waals surface area contributed by atoms with E-state index < -0.39 is 11.7 Å². The molecule has 2 aliphatic heterocycles. The number of hydrogen-bond acceptors (Lipinski definition) is 4. The zero-order chi connectivity index (χ0) is 22.1. The first-order chi connectivity index (χ1) is 14.9. The predicted molar refractivity (Wildman–Crippen MR) is 116 cm³/mol. The number of benzene rings is 2. The van der Waals surface area contributed by atoms with Gasteiger partial charge in [-0.3, -0.25) is 14.5 Å². The zero-order valence-corrected chi connectivity index (χ0v) is 18.1. The summed E-state index contributed by atoms with van der Waals surface area (Å²) in [5.74, 6) is 0.101. The lowest BCUT2D eigenvalue weighted by Gasteiger charge is -2.37. The minimum Gasteiger partial charge on any atom is -0.496 e. The molecule has 2 atom stereocenters. The third kappa shape index (κ3) is 3.94. The summed E-state index contributed by atoms with van der Waals surface area (Å²) in [5.41, 5.74) is 1.62. The molecule has 0 spiro atoms. The number of methoxy groups -OCH3 is 1. The number of amides is 2. The fourth-order valence-corrected chi connectivity index (χ4v) is 4.74. The van der Waals surface area contributed by atoms with Gasteiger partial charge in [0.25, 0.3) is 11.8 Å². The first kappa shape index (κ1) is 21.1. The van der Waals surface area contributed by atoms with Gasteiger partial charge < -0.3 is 9.64 Å². The summed E-state index contributed by atoms with van der Waals surface area (Å²) < 4.78 is 19.8. The Morgan fingerprint density at radius 1 is 0.968 bits per heavy atom. The van der Waals surface area contributed by atoms with Gasteiger partial charge in [-0.2, -0.15) is 0 Å². The Balaban J connectivity index is 1.80. The highest BCUT2D eigenvalue weighted by Crippen LogP contribution is 2.38. The van der Waals surface area contributed by atoms with Crippen LogP contribution in [0.5, 0.6) is 5.75 Å². The van der Waals surface area contributed by atoms with Gasteiger partial charge in [-0.25, -0.2) is 4.39 Å². The van der Waals surface area contributed by atoms with Gasteiger partial charge in [0, 0.05) is 24.2 Å². The van der Waals surface area contributed by atoms with E-state index in [0.29, 0.717) is 53.1 Å². The lowest BCUT2D eigenvalue weighted by molar-refractivity contribution is -0.138. The van der Waals surface area contributed by atoms with Crippen LogP contribution in [0.2, 0.25) is 0 Å². The van der Waals surface area contributed by atoms with Crippen LogP contribution in [0.1, 0.15) is 31.4 Å². The Hall–Kier alpha value is -3.15. The number of imide groups is 1. The molecule has 2 heterocycles. The van der Waals surface area contributed by atoms with E-state index in [1.54, 1.807) is 37.4 Å². The van der Waals surface area contributed by atoms with Crippen molar-refractivity contribution >= 4 is 17.4 Å². The molecule has 0 radical (unpaired) electrons. The quantitative estimate of drug-likeness (QED) is 0.681. The number of carbonyl (C=O) groups excluding carboxylic acids is 2. The van der Waals surface area contributed by atoms with Gasteiger partial charge in [0.2, 0.25) is 0 Å². The maximum Gasteiger partial charge on any atom is 0.278 e. The summed E-state index contributed by atoms with van der Waals surface area (Å²) in [4.78, 5) is 30.3. The second-order valence-corrected chi connectivity index (χ2v) is 8.56. The highest BCUT2D eigenvalue weighted by atomic mass is 19.1. The van der Waals surface area contributed by atoms with Crippen LogP contribution in [-0.2, 0) is 16.1 Å². The number of halogens is 1. The van der Waals surface area contributed by atoms with E-state index in [4.69, 9.17) is 4.74 Å². The van der Waals surface area contributed by atoms with Gasteiger partial charge in [0.05, 0.1) is 19.2 Å². The number of likely N-dealkylation sites (tertiary alicyclic amines) is 1. The normalized spacial score (nSPS) is 21.8. The molecule has 162 valence electrons. The molecule has 2 unspecified atom stereocenters. The van der Waals surface area contributed by atoms with Crippen LogP contribution in [0.3, 0.4) is 0 Å². The Morgan fingerprint density at radius 2 is 1.61 bits per heavy atom. The molecule has 2 aromatic rings. The van der Waals surface area contributed by atoms with Crippen LogP contribution >= 0.6 is 0 Å². The Labute approximate surface area is 182 Å². The average molecular weight is 423 g/mol. The van der Waals surface area contributed by atoms with Crippen molar-refractivity contribution in [1.82, 2.24) is 9.80 Å². The Kier molecular flexibility index (Phi) is 5.81. The molecule has 2 aliphatic rings. The summed E-state index contributed by atoms with van der Waals surface area (Å²) in [6.07, 6.45) is 1.08. The monoisotopic (exact) mass is 422 g/mol. The van der Waals surface area contributed by atoms with Crippen LogP contribution in [-0.4, -0.2) is 41.8 Å². The lowest BCUT2D eigenvalue weighted by Crippen LogP contribution is -2.41. The predicted octanol–water partition coefficient (Wildman–Crippen LogP) is 4.09. The number of piperidine rings is 1. The minimum absolute atomic E-state index is 0.106. The average Bonchev–Trinajstić information content (AvgIpc) is 2.99. The number of para-hydroxylation sites is 1. The molecule has 2 amide bonds. The first-order valence-electron chi connectivity index (χ1n) is 10.6. The highest BCUT2D eigenvalue weighted by molar-refractivity contribution is 6.35. The first-order valence-corrected chi connectivity index (χ1v) is 10.6. The van der Waals surface area contributed by atoms with Crippen LogP contribution < -0.4 is 4.74 Å². The topological polar surface area (TPSA) is 49.9 Å². The van der Waals surface area contributed by atoms with Crippen molar-refractivity contribution in [2.24, 2.45) is 11.8 Å². The smallest absolute Gasteiger partial charge is 0.278 e. The summed E-state index contributed by atoms with van der Waals surface area (Å²) in [6, 6.07) is 13.4. The zero-order valence-electron chi connectivity index (χ0n) is 18.1. The van der Waals surface area contributed by atoms with Crippen molar-refractivity contribution in [1.29, 1.82) is 0 Å². The van der Waals surface area contributed by atoms with E-state index in [9.17, 15) is 14.0 Å². The van der Waals surface area contributed by atoms with Gasteiger partial charge in [-0.05, 0) is 30.4 Å². The van der Waals surface area contributed by atoms with Crippen molar-refractivity contribution < 1.29 is 18.7 Å². The van der Waals surface area contributed by atoms with Crippen molar-refractivity contribution in [2.75, 3.05) is 20.2 Å². The summed E-state index contributed by atoms with van der Waals surface area (Å²) in [7, 11) is 1.54. The fourth-order valence-electron chi connectivity index (χ4n) is 4.74. The van der Waals surface area contributed by atoms with E-state index in [2.05, 4.69) is 13.8 Å². The van der Waals surface area contributed by atoms with Crippen molar-refractivity contribution in [2.45, 2.75) is 26.8 Å². The van der Waals surface area contributed by atoms with E-state index in [0.717, 1.165) is 11.3 Å². The second kappa shape index (κ2) is 8.53. The van der Waals surface area contributed by atoms with Gasteiger partial charge >= 0.3 is 0 Å².